The highest BCUT2D eigenvalue weighted by molar-refractivity contribution is 6.09. The summed E-state index contributed by atoms with van der Waals surface area (Å²) in [4.78, 5) is 15.5. The summed E-state index contributed by atoms with van der Waals surface area (Å²) in [5.74, 6) is 0.798. The van der Waals surface area contributed by atoms with Gasteiger partial charge in [0.15, 0.2) is 0 Å². The van der Waals surface area contributed by atoms with Crippen molar-refractivity contribution in [1.82, 2.24) is 10.2 Å². The highest BCUT2D eigenvalue weighted by Gasteiger charge is 2.27. The Morgan fingerprint density at radius 2 is 1.96 bits per heavy atom. The molecule has 2 aliphatic rings. The van der Waals surface area contributed by atoms with Crippen molar-refractivity contribution in [2.45, 2.75) is 77.4 Å². The molecule has 0 spiro atoms. The number of hydrogen-bond donors (Lipinski definition) is 2. The molecule has 0 radical (unpaired) electrons. The smallest absolute Gasteiger partial charge is 0.255 e. The van der Waals surface area contributed by atoms with Gasteiger partial charge in [-0.25, -0.2) is 0 Å². The lowest BCUT2D eigenvalue weighted by atomic mass is 9.99. The number of carbonyl (C=O) groups excluding carboxylic acids is 1. The summed E-state index contributed by atoms with van der Waals surface area (Å²) in [6.07, 6.45) is 8.06. The molecule has 2 heterocycles. The predicted molar refractivity (Wildman–Crippen MR) is 106 cm³/mol. The second-order valence-corrected chi connectivity index (χ2v) is 8.24. The van der Waals surface area contributed by atoms with Crippen LogP contribution in [0.25, 0.3) is 11.0 Å². The molecule has 2 aromatic rings. The number of fused-ring (bicyclic) bond motifs is 1. The van der Waals surface area contributed by atoms with Crippen LogP contribution in [0.1, 0.15) is 73.6 Å². The second-order valence-electron chi connectivity index (χ2n) is 8.24. The number of nitrogens with one attached hydrogen (secondary N) is 1. The minimum atomic E-state index is -0.0725. The van der Waals surface area contributed by atoms with Crippen LogP contribution >= 0.6 is 0 Å². The lowest BCUT2D eigenvalue weighted by Crippen LogP contribution is -2.37. The predicted octanol–water partition coefficient (Wildman–Crippen LogP) is 4.49. The van der Waals surface area contributed by atoms with Crippen molar-refractivity contribution >= 4 is 16.9 Å². The van der Waals surface area contributed by atoms with Crippen LogP contribution in [-0.4, -0.2) is 34.5 Å². The standard InChI is InChI=1S/C22H30N2O3/c1-14-7-5-6-12-24(14)13-17-18(25)10-11-19-21(17)20(15(2)27-19)22(26)23-16-8-3-4-9-16/h10-11,14,16,25H,3-9,12-13H2,1-2H3,(H,23,26)/t14-/m0/s1. The van der Waals surface area contributed by atoms with E-state index < -0.39 is 0 Å². The minimum absolute atomic E-state index is 0.0725. The van der Waals surface area contributed by atoms with Gasteiger partial charge in [0, 0.05) is 29.6 Å². The summed E-state index contributed by atoms with van der Waals surface area (Å²) in [7, 11) is 0. The van der Waals surface area contributed by atoms with E-state index in [0.29, 0.717) is 29.5 Å². The summed E-state index contributed by atoms with van der Waals surface area (Å²) in [6.45, 7) is 5.75. The zero-order valence-electron chi connectivity index (χ0n) is 16.4. The summed E-state index contributed by atoms with van der Waals surface area (Å²) in [5.41, 5.74) is 2.09. The number of benzene rings is 1. The Morgan fingerprint density at radius 1 is 1.22 bits per heavy atom. The molecule has 5 nitrogen and oxygen atoms in total. The number of amides is 1. The normalized spacial score (nSPS) is 21.8. The lowest BCUT2D eigenvalue weighted by molar-refractivity contribution is 0.0937. The third-order valence-corrected chi connectivity index (χ3v) is 6.33. The third-order valence-electron chi connectivity index (χ3n) is 6.33. The highest BCUT2D eigenvalue weighted by Crippen LogP contribution is 2.36. The molecule has 2 fully saturated rings. The Hall–Kier alpha value is -2.01. The molecule has 5 heteroatoms. The fourth-order valence-corrected chi connectivity index (χ4v) is 4.72. The highest BCUT2D eigenvalue weighted by atomic mass is 16.3. The number of nitrogens with zero attached hydrogens (tertiary/aromatic N) is 1. The number of hydrogen-bond acceptors (Lipinski definition) is 4. The van der Waals surface area contributed by atoms with E-state index in [1.165, 1.54) is 32.1 Å². The van der Waals surface area contributed by atoms with Gasteiger partial charge in [-0.15, -0.1) is 0 Å². The fraction of sp³-hybridized carbons (Fsp3) is 0.591. The van der Waals surface area contributed by atoms with Crippen molar-refractivity contribution in [3.05, 3.63) is 29.0 Å². The molecule has 2 N–H and O–H groups in total. The van der Waals surface area contributed by atoms with Crippen LogP contribution in [0.5, 0.6) is 5.75 Å². The van der Waals surface area contributed by atoms with Gasteiger partial charge in [0.25, 0.3) is 5.91 Å². The Balaban J connectivity index is 1.71. The number of aromatic hydroxyl groups is 1. The molecule has 1 saturated heterocycles. The van der Waals surface area contributed by atoms with E-state index in [1.54, 1.807) is 12.1 Å². The maximum atomic E-state index is 13.1. The summed E-state index contributed by atoms with van der Waals surface area (Å²) in [6, 6.07) is 4.20. The number of furan rings is 1. The van der Waals surface area contributed by atoms with Gasteiger partial charge in [0.1, 0.15) is 17.1 Å². The van der Waals surface area contributed by atoms with Crippen LogP contribution in [0.2, 0.25) is 0 Å². The van der Waals surface area contributed by atoms with Crippen LogP contribution in [0.15, 0.2) is 16.5 Å². The van der Waals surface area contributed by atoms with Crippen LogP contribution in [0, 0.1) is 6.92 Å². The third kappa shape index (κ3) is 3.57. The van der Waals surface area contributed by atoms with Crippen LogP contribution in [0.4, 0.5) is 0 Å². The summed E-state index contributed by atoms with van der Waals surface area (Å²) < 4.78 is 5.91. The molecule has 1 aromatic carbocycles. The molecule has 1 aliphatic carbocycles. The van der Waals surface area contributed by atoms with E-state index >= 15 is 0 Å². The van der Waals surface area contributed by atoms with Crippen molar-refractivity contribution in [1.29, 1.82) is 0 Å². The second kappa shape index (κ2) is 7.55. The zero-order valence-corrected chi connectivity index (χ0v) is 16.4. The van der Waals surface area contributed by atoms with Crippen molar-refractivity contribution in [2.24, 2.45) is 0 Å². The number of likely N-dealkylation sites (tertiary alicyclic amines) is 1. The fourth-order valence-electron chi connectivity index (χ4n) is 4.72. The van der Waals surface area contributed by atoms with Crippen molar-refractivity contribution in [3.63, 3.8) is 0 Å². The van der Waals surface area contributed by atoms with Gasteiger partial charge in [-0.05, 0) is 58.2 Å². The van der Waals surface area contributed by atoms with Crippen molar-refractivity contribution in [3.8, 4) is 5.75 Å². The number of aryl methyl sites for hydroxylation is 1. The van der Waals surface area contributed by atoms with E-state index in [-0.39, 0.29) is 17.7 Å². The Morgan fingerprint density at radius 3 is 2.70 bits per heavy atom. The molecule has 0 bridgehead atoms. The molecule has 146 valence electrons. The van der Waals surface area contributed by atoms with Gasteiger partial charge in [0.2, 0.25) is 0 Å². The number of phenolic OH excluding ortho intramolecular Hbond substituents is 1. The molecule has 1 atom stereocenters. The van der Waals surface area contributed by atoms with Crippen LogP contribution < -0.4 is 5.32 Å². The average Bonchev–Trinajstić information content (AvgIpc) is 3.26. The molecule has 1 amide bonds. The Bertz CT molecular complexity index is 836. The molecule has 1 saturated carbocycles. The van der Waals surface area contributed by atoms with Gasteiger partial charge >= 0.3 is 0 Å². The van der Waals surface area contributed by atoms with Crippen molar-refractivity contribution < 1.29 is 14.3 Å². The van der Waals surface area contributed by atoms with Gasteiger partial charge in [-0.3, -0.25) is 9.69 Å². The average molecular weight is 370 g/mol. The van der Waals surface area contributed by atoms with E-state index in [2.05, 4.69) is 17.1 Å². The molecular formula is C22H30N2O3. The first-order valence-electron chi connectivity index (χ1n) is 10.3. The van der Waals surface area contributed by atoms with Crippen LogP contribution in [0.3, 0.4) is 0 Å². The number of phenols is 1. The van der Waals surface area contributed by atoms with E-state index in [1.807, 2.05) is 6.92 Å². The first kappa shape index (κ1) is 18.4. The molecule has 27 heavy (non-hydrogen) atoms. The number of piperidine rings is 1. The quantitative estimate of drug-likeness (QED) is 0.832. The number of rotatable bonds is 4. The van der Waals surface area contributed by atoms with Gasteiger partial charge in [-0.2, -0.15) is 0 Å². The molecule has 1 aliphatic heterocycles. The summed E-state index contributed by atoms with van der Waals surface area (Å²) >= 11 is 0. The van der Waals surface area contributed by atoms with Crippen molar-refractivity contribution in [2.75, 3.05) is 6.54 Å². The first-order chi connectivity index (χ1) is 13.0. The molecule has 4 rings (SSSR count). The summed E-state index contributed by atoms with van der Waals surface area (Å²) in [5, 5.41) is 14.6. The van der Waals surface area contributed by atoms with Gasteiger partial charge in [0.05, 0.1) is 5.56 Å². The lowest BCUT2D eigenvalue weighted by Gasteiger charge is -2.33. The van der Waals surface area contributed by atoms with Crippen LogP contribution in [-0.2, 0) is 6.54 Å². The molecular weight excluding hydrogens is 340 g/mol. The van der Waals surface area contributed by atoms with E-state index in [4.69, 9.17) is 4.42 Å². The first-order valence-corrected chi connectivity index (χ1v) is 10.3. The Labute approximate surface area is 160 Å². The van der Waals surface area contributed by atoms with E-state index in [9.17, 15) is 9.90 Å². The maximum Gasteiger partial charge on any atom is 0.255 e. The monoisotopic (exact) mass is 370 g/mol. The van der Waals surface area contributed by atoms with Gasteiger partial charge in [-0.1, -0.05) is 19.3 Å². The molecule has 1 aromatic heterocycles. The zero-order chi connectivity index (χ0) is 19.0. The number of carbonyl (C=O) groups is 1. The Kier molecular flexibility index (Phi) is 5.13. The van der Waals surface area contributed by atoms with E-state index in [0.717, 1.165) is 30.3 Å². The largest absolute Gasteiger partial charge is 0.508 e. The maximum absolute atomic E-state index is 13.1. The molecule has 0 unspecified atom stereocenters. The van der Waals surface area contributed by atoms with Gasteiger partial charge < -0.3 is 14.8 Å². The SMILES string of the molecule is Cc1oc2ccc(O)c(CN3CCCC[C@@H]3C)c2c1C(=O)NC1CCCC1. The minimum Gasteiger partial charge on any atom is -0.508 e. The topological polar surface area (TPSA) is 65.7 Å².